The number of rotatable bonds is 7. The molecule has 0 bridgehead atoms. The summed E-state index contributed by atoms with van der Waals surface area (Å²) in [6, 6.07) is 16.8. The smallest absolute Gasteiger partial charge is 0.142 e. The molecule has 0 amide bonds. The molecule has 7 nitrogen and oxygen atoms in total. The van der Waals surface area contributed by atoms with Crippen molar-refractivity contribution in [3.8, 4) is 0 Å². The highest BCUT2D eigenvalue weighted by molar-refractivity contribution is 6.58. The number of fused-ring (bicyclic) bond motifs is 2. The predicted molar refractivity (Wildman–Crippen MR) is 176 cm³/mol. The van der Waals surface area contributed by atoms with E-state index in [1.54, 1.807) is 24.4 Å². The molecule has 4 heterocycles. The Morgan fingerprint density at radius 3 is 1.93 bits per heavy atom. The normalized spacial score (nSPS) is 11.7. The first-order valence-corrected chi connectivity index (χ1v) is 17.6. The van der Waals surface area contributed by atoms with Gasteiger partial charge in [0.2, 0.25) is 0 Å². The number of nitrogens with one attached hydrogen (secondary N) is 2. The molecule has 0 spiro atoms. The largest absolute Gasteiger partial charge is 0.384 e. The van der Waals surface area contributed by atoms with Crippen molar-refractivity contribution >= 4 is 54.1 Å². The van der Waals surface area contributed by atoms with E-state index in [9.17, 15) is 13.9 Å². The minimum atomic E-state index is -0.993. The molecule has 0 saturated carbocycles. The van der Waals surface area contributed by atoms with Crippen LogP contribution in [0, 0.1) is 11.6 Å². The van der Waals surface area contributed by atoms with Gasteiger partial charge in [-0.3, -0.25) is 0 Å². The summed E-state index contributed by atoms with van der Waals surface area (Å²) in [7, 11) is -0.171. The highest BCUT2D eigenvalue weighted by atomic mass is 35.5. The molecule has 4 aromatic heterocycles. The summed E-state index contributed by atoms with van der Waals surface area (Å²) in [6.45, 7) is 6.97. The molecule has 6 rings (SSSR count). The van der Waals surface area contributed by atoms with Gasteiger partial charge in [0.25, 0.3) is 0 Å². The lowest BCUT2D eigenvalue weighted by Crippen LogP contribution is -2.04. The Morgan fingerprint density at radius 1 is 0.773 bits per heavy atom. The van der Waals surface area contributed by atoms with Crippen LogP contribution in [0.4, 0.5) is 8.78 Å². The zero-order valence-corrected chi connectivity index (χ0v) is 27.3. The number of nitrogens with zero attached hydrogens (tertiary/aromatic N) is 4. The van der Waals surface area contributed by atoms with Gasteiger partial charge < -0.3 is 15.1 Å². The molecule has 0 radical (unpaired) electrons. The van der Waals surface area contributed by atoms with Gasteiger partial charge in [-0.15, -0.1) is 0 Å². The van der Waals surface area contributed by atoms with E-state index in [2.05, 4.69) is 50.7 Å². The molecule has 44 heavy (non-hydrogen) atoms. The minimum absolute atomic E-state index is 0.171. The number of aromatic amines is 2. The summed E-state index contributed by atoms with van der Waals surface area (Å²) < 4.78 is 26.3. The molecule has 230 valence electrons. The molecule has 0 aliphatic rings. The highest BCUT2D eigenvalue weighted by Crippen LogP contribution is 2.31. The SMILES string of the molecule is CC[SiH](CC)CC.Fc1cccc(Cc2c[nH]c3ncnc(Cl)c23)c1.OC(c1cccc(F)c1)c1c[nH]c2ncnc(Cl)c12. The van der Waals surface area contributed by atoms with Crippen molar-refractivity contribution in [3.05, 3.63) is 118 Å². The summed E-state index contributed by atoms with van der Waals surface area (Å²) in [5.74, 6) is -0.645. The Labute approximate surface area is 266 Å². The van der Waals surface area contributed by atoms with Crippen LogP contribution in [-0.2, 0) is 6.42 Å². The fourth-order valence-corrected chi connectivity index (χ4v) is 7.11. The van der Waals surface area contributed by atoms with Crippen LogP contribution in [0.1, 0.15) is 49.1 Å². The maximum atomic E-state index is 13.2. The number of halogens is 4. The topological polar surface area (TPSA) is 103 Å². The van der Waals surface area contributed by atoms with Crippen molar-refractivity contribution in [3.63, 3.8) is 0 Å². The summed E-state index contributed by atoms with van der Waals surface area (Å²) in [5, 5.41) is 12.3. The second-order valence-corrected chi connectivity index (χ2v) is 15.1. The van der Waals surface area contributed by atoms with Crippen LogP contribution in [0.3, 0.4) is 0 Å². The maximum absolute atomic E-state index is 13.2. The molecule has 1 unspecified atom stereocenters. The number of aromatic nitrogens is 6. The van der Waals surface area contributed by atoms with E-state index in [0.717, 1.165) is 16.5 Å². The number of hydrogen-bond donors (Lipinski definition) is 3. The molecule has 6 aromatic rings. The summed E-state index contributed by atoms with van der Waals surface area (Å²) in [6.07, 6.45) is 5.77. The van der Waals surface area contributed by atoms with Gasteiger partial charge >= 0.3 is 0 Å². The van der Waals surface area contributed by atoms with Crippen molar-refractivity contribution in [1.29, 1.82) is 0 Å². The summed E-state index contributed by atoms with van der Waals surface area (Å²) >= 11 is 12.1. The van der Waals surface area contributed by atoms with Gasteiger partial charge in [-0.25, -0.2) is 28.7 Å². The van der Waals surface area contributed by atoms with Crippen molar-refractivity contribution in [2.75, 3.05) is 0 Å². The molecular formula is C32H34Cl2F2N6OSi. The average Bonchev–Trinajstić information content (AvgIpc) is 3.64. The van der Waals surface area contributed by atoms with Gasteiger partial charge in [0.05, 0.1) is 10.8 Å². The Hall–Kier alpha value is -3.70. The van der Waals surface area contributed by atoms with Gasteiger partial charge in [0.1, 0.15) is 52.0 Å². The maximum Gasteiger partial charge on any atom is 0.142 e. The van der Waals surface area contributed by atoms with Crippen molar-refractivity contribution in [2.45, 2.75) is 51.4 Å². The first kappa shape index (κ1) is 33.2. The number of aliphatic hydroxyl groups is 1. The standard InChI is InChI=1S/C13H9ClFN3O.C13H9ClFN3.C6H16Si/c14-12-10-9(5-16-13(10)18-6-17-12)11(19)7-2-1-3-8(15)4-7;14-12-11-9(6-16-13(11)18-7-17-12)4-8-2-1-3-10(15)5-8;1-4-7(5-2)6-3/h1-6,11,19H,(H,16,17,18);1-3,5-7H,4H2,(H,16,17,18);7H,4-6H2,1-3H3. The molecule has 0 saturated heterocycles. The van der Waals surface area contributed by atoms with Crippen LogP contribution in [0.25, 0.3) is 22.1 Å². The van der Waals surface area contributed by atoms with E-state index < -0.39 is 11.9 Å². The third kappa shape index (κ3) is 8.26. The van der Waals surface area contributed by atoms with Crippen LogP contribution >= 0.6 is 23.2 Å². The first-order valence-electron chi connectivity index (χ1n) is 14.4. The van der Waals surface area contributed by atoms with E-state index in [0.29, 0.717) is 39.4 Å². The molecule has 3 N–H and O–H groups in total. The monoisotopic (exact) mass is 654 g/mol. The van der Waals surface area contributed by atoms with Crippen LogP contribution in [-0.4, -0.2) is 43.8 Å². The third-order valence-electron chi connectivity index (χ3n) is 7.43. The lowest BCUT2D eigenvalue weighted by molar-refractivity contribution is 0.221. The number of hydrogen-bond acceptors (Lipinski definition) is 5. The second-order valence-electron chi connectivity index (χ2n) is 10.2. The molecular weight excluding hydrogens is 621 g/mol. The molecule has 0 aliphatic heterocycles. The van der Waals surface area contributed by atoms with Gasteiger partial charge in [-0.2, -0.15) is 0 Å². The lowest BCUT2D eigenvalue weighted by atomic mass is 10.0. The predicted octanol–water partition coefficient (Wildman–Crippen LogP) is 8.45. The number of aliphatic hydroxyl groups excluding tert-OH is 1. The summed E-state index contributed by atoms with van der Waals surface area (Å²) in [4.78, 5) is 21.9. The van der Waals surface area contributed by atoms with Gasteiger partial charge in [0.15, 0.2) is 0 Å². The van der Waals surface area contributed by atoms with Crippen LogP contribution in [0.5, 0.6) is 0 Å². The van der Waals surface area contributed by atoms with E-state index in [-0.39, 0.29) is 19.8 Å². The van der Waals surface area contributed by atoms with Crippen LogP contribution in [0.15, 0.2) is 73.6 Å². The van der Waals surface area contributed by atoms with E-state index in [4.69, 9.17) is 23.2 Å². The fraction of sp³-hybridized carbons (Fsp3) is 0.250. The van der Waals surface area contributed by atoms with Crippen LogP contribution < -0.4 is 0 Å². The quantitative estimate of drug-likeness (QED) is 0.118. The second kappa shape index (κ2) is 15.9. The lowest BCUT2D eigenvalue weighted by Gasteiger charge is -2.10. The van der Waals surface area contributed by atoms with Crippen LogP contribution in [0.2, 0.25) is 28.4 Å². The van der Waals surface area contributed by atoms with Crippen molar-refractivity contribution < 1.29 is 13.9 Å². The number of H-pyrrole nitrogens is 2. The zero-order chi connectivity index (χ0) is 31.6. The van der Waals surface area contributed by atoms with E-state index in [1.807, 2.05) is 12.3 Å². The highest BCUT2D eigenvalue weighted by Gasteiger charge is 2.18. The average molecular weight is 656 g/mol. The molecule has 2 aromatic carbocycles. The Balaban J connectivity index is 0.000000167. The molecule has 0 aliphatic carbocycles. The molecule has 0 fully saturated rings. The fourth-order valence-electron chi connectivity index (χ4n) is 4.88. The van der Waals surface area contributed by atoms with Gasteiger partial charge in [-0.1, -0.05) is 86.4 Å². The Bertz CT molecular complexity index is 1810. The van der Waals surface area contributed by atoms with Gasteiger partial charge in [-0.05, 0) is 47.4 Å². The zero-order valence-electron chi connectivity index (χ0n) is 24.7. The molecule has 12 heteroatoms. The first-order chi connectivity index (χ1) is 21.2. The number of benzene rings is 2. The van der Waals surface area contributed by atoms with E-state index in [1.165, 1.54) is 55.1 Å². The Morgan fingerprint density at radius 2 is 1.34 bits per heavy atom. The molecule has 1 atom stereocenters. The minimum Gasteiger partial charge on any atom is -0.384 e. The third-order valence-corrected chi connectivity index (χ3v) is 11.5. The van der Waals surface area contributed by atoms with Crippen molar-refractivity contribution in [1.82, 2.24) is 29.9 Å². The van der Waals surface area contributed by atoms with Gasteiger partial charge in [0, 0.05) is 26.8 Å². The Kier molecular flexibility index (Phi) is 12.0. The van der Waals surface area contributed by atoms with E-state index >= 15 is 0 Å². The summed E-state index contributed by atoms with van der Waals surface area (Å²) in [5.41, 5.74) is 4.04. The van der Waals surface area contributed by atoms with Crippen molar-refractivity contribution in [2.24, 2.45) is 0 Å².